The smallest absolute Gasteiger partial charge is 0.0700 e. The standard InChI is InChI=1S/C12H25NO2/c1-2-8-14-10-11-15-9-4-3-7-13-12-5-6-12/h12-13H,2-11H2,1H3. The van der Waals surface area contributed by atoms with Gasteiger partial charge in [0.05, 0.1) is 13.2 Å². The van der Waals surface area contributed by atoms with Crippen molar-refractivity contribution in [3.63, 3.8) is 0 Å². The second kappa shape index (κ2) is 9.13. The summed E-state index contributed by atoms with van der Waals surface area (Å²) in [6.45, 7) is 6.49. The highest BCUT2D eigenvalue weighted by Gasteiger charge is 2.19. The highest BCUT2D eigenvalue weighted by atomic mass is 16.5. The third-order valence-corrected chi connectivity index (χ3v) is 2.45. The molecule has 0 aromatic heterocycles. The average Bonchev–Trinajstić information content (AvgIpc) is 3.05. The molecular formula is C12H25NO2. The molecule has 3 nitrogen and oxygen atoms in total. The Morgan fingerprint density at radius 1 is 1.00 bits per heavy atom. The van der Waals surface area contributed by atoms with Gasteiger partial charge in [0.15, 0.2) is 0 Å². The van der Waals surface area contributed by atoms with Crippen molar-refractivity contribution >= 4 is 0 Å². The van der Waals surface area contributed by atoms with E-state index < -0.39 is 0 Å². The summed E-state index contributed by atoms with van der Waals surface area (Å²) >= 11 is 0. The van der Waals surface area contributed by atoms with Gasteiger partial charge in [-0.15, -0.1) is 0 Å². The predicted octanol–water partition coefficient (Wildman–Crippen LogP) is 1.96. The molecule has 1 saturated carbocycles. The first-order chi connectivity index (χ1) is 7.43. The quantitative estimate of drug-likeness (QED) is 0.534. The maximum atomic E-state index is 5.45. The lowest BCUT2D eigenvalue weighted by Gasteiger charge is -2.05. The minimum absolute atomic E-state index is 0.744. The molecule has 0 atom stereocenters. The topological polar surface area (TPSA) is 30.5 Å². The lowest BCUT2D eigenvalue weighted by atomic mass is 10.3. The molecule has 1 aliphatic carbocycles. The van der Waals surface area contributed by atoms with Crippen molar-refractivity contribution in [1.82, 2.24) is 5.32 Å². The Balaban J connectivity index is 1.62. The Labute approximate surface area is 93.5 Å². The summed E-state index contributed by atoms with van der Waals surface area (Å²) in [4.78, 5) is 0. The number of unbranched alkanes of at least 4 members (excludes halogenated alkanes) is 1. The molecule has 0 aliphatic heterocycles. The molecule has 0 amide bonds. The molecule has 0 unspecified atom stereocenters. The van der Waals surface area contributed by atoms with Gasteiger partial charge in [0.1, 0.15) is 0 Å². The molecule has 1 fully saturated rings. The van der Waals surface area contributed by atoms with E-state index in [9.17, 15) is 0 Å². The van der Waals surface area contributed by atoms with Gasteiger partial charge in [-0.2, -0.15) is 0 Å². The van der Waals surface area contributed by atoms with Crippen LogP contribution in [0.1, 0.15) is 39.0 Å². The zero-order valence-electron chi connectivity index (χ0n) is 9.96. The van der Waals surface area contributed by atoms with Gasteiger partial charge >= 0.3 is 0 Å². The summed E-state index contributed by atoms with van der Waals surface area (Å²) in [7, 11) is 0. The van der Waals surface area contributed by atoms with Crippen LogP contribution < -0.4 is 5.32 Å². The summed E-state index contributed by atoms with van der Waals surface area (Å²) in [6, 6.07) is 0.841. The summed E-state index contributed by atoms with van der Waals surface area (Å²) in [5.41, 5.74) is 0. The Kier molecular flexibility index (Phi) is 7.88. The molecular weight excluding hydrogens is 190 g/mol. The molecule has 1 rings (SSSR count). The number of hydrogen-bond donors (Lipinski definition) is 1. The van der Waals surface area contributed by atoms with E-state index in [1.807, 2.05) is 0 Å². The first-order valence-electron chi connectivity index (χ1n) is 6.32. The fourth-order valence-corrected chi connectivity index (χ4v) is 1.39. The van der Waals surface area contributed by atoms with Crippen LogP contribution in [-0.2, 0) is 9.47 Å². The molecule has 1 N–H and O–H groups in total. The van der Waals surface area contributed by atoms with E-state index in [0.717, 1.165) is 51.9 Å². The van der Waals surface area contributed by atoms with Crippen LogP contribution in [0, 0.1) is 0 Å². The van der Waals surface area contributed by atoms with E-state index in [2.05, 4.69) is 12.2 Å². The van der Waals surface area contributed by atoms with Crippen molar-refractivity contribution in [3.05, 3.63) is 0 Å². The Morgan fingerprint density at radius 2 is 1.73 bits per heavy atom. The second-order valence-electron chi connectivity index (χ2n) is 4.16. The summed E-state index contributed by atoms with van der Waals surface area (Å²) < 4.78 is 10.8. The fourth-order valence-electron chi connectivity index (χ4n) is 1.39. The minimum Gasteiger partial charge on any atom is -0.379 e. The van der Waals surface area contributed by atoms with Crippen molar-refractivity contribution in [2.45, 2.75) is 45.1 Å². The highest BCUT2D eigenvalue weighted by molar-refractivity contribution is 4.80. The van der Waals surface area contributed by atoms with Crippen molar-refractivity contribution in [3.8, 4) is 0 Å². The highest BCUT2D eigenvalue weighted by Crippen LogP contribution is 2.18. The van der Waals surface area contributed by atoms with Crippen molar-refractivity contribution < 1.29 is 9.47 Å². The maximum Gasteiger partial charge on any atom is 0.0700 e. The third kappa shape index (κ3) is 8.85. The molecule has 3 heteroatoms. The first kappa shape index (κ1) is 12.9. The molecule has 0 saturated heterocycles. The maximum absolute atomic E-state index is 5.45. The lowest BCUT2D eigenvalue weighted by molar-refractivity contribution is 0.0467. The Bertz CT molecular complexity index is 138. The van der Waals surface area contributed by atoms with Crippen LogP contribution in [0.15, 0.2) is 0 Å². The van der Waals surface area contributed by atoms with Gasteiger partial charge in [-0.25, -0.2) is 0 Å². The largest absolute Gasteiger partial charge is 0.379 e. The van der Waals surface area contributed by atoms with Gasteiger partial charge in [-0.3, -0.25) is 0 Å². The molecule has 0 radical (unpaired) electrons. The SMILES string of the molecule is CCCOCCOCCCCNC1CC1. The summed E-state index contributed by atoms with van der Waals surface area (Å²) in [5.74, 6) is 0. The summed E-state index contributed by atoms with van der Waals surface area (Å²) in [6.07, 6.45) is 6.24. The fraction of sp³-hybridized carbons (Fsp3) is 1.00. The van der Waals surface area contributed by atoms with Gasteiger partial charge < -0.3 is 14.8 Å². The van der Waals surface area contributed by atoms with E-state index in [1.54, 1.807) is 0 Å². The van der Waals surface area contributed by atoms with Crippen LogP contribution >= 0.6 is 0 Å². The van der Waals surface area contributed by atoms with Crippen LogP contribution in [0.2, 0.25) is 0 Å². The monoisotopic (exact) mass is 215 g/mol. The van der Waals surface area contributed by atoms with Crippen LogP contribution in [0.3, 0.4) is 0 Å². The van der Waals surface area contributed by atoms with Gasteiger partial charge in [-0.1, -0.05) is 6.92 Å². The molecule has 0 spiro atoms. The second-order valence-corrected chi connectivity index (χ2v) is 4.16. The molecule has 0 heterocycles. The normalized spacial score (nSPS) is 15.8. The Hall–Kier alpha value is -0.120. The lowest BCUT2D eigenvalue weighted by Crippen LogP contribution is -2.17. The molecule has 90 valence electrons. The Morgan fingerprint density at radius 3 is 2.40 bits per heavy atom. The van der Waals surface area contributed by atoms with Gasteiger partial charge in [0, 0.05) is 19.3 Å². The molecule has 0 aromatic carbocycles. The minimum atomic E-state index is 0.744. The van der Waals surface area contributed by atoms with E-state index in [0.29, 0.717) is 0 Å². The van der Waals surface area contributed by atoms with E-state index in [-0.39, 0.29) is 0 Å². The third-order valence-electron chi connectivity index (χ3n) is 2.45. The number of hydrogen-bond acceptors (Lipinski definition) is 3. The van der Waals surface area contributed by atoms with Crippen molar-refractivity contribution in [2.24, 2.45) is 0 Å². The summed E-state index contributed by atoms with van der Waals surface area (Å²) in [5, 5.41) is 3.50. The van der Waals surface area contributed by atoms with Crippen LogP contribution in [0.25, 0.3) is 0 Å². The number of ether oxygens (including phenoxy) is 2. The van der Waals surface area contributed by atoms with Gasteiger partial charge in [0.2, 0.25) is 0 Å². The number of rotatable bonds is 11. The first-order valence-corrected chi connectivity index (χ1v) is 6.32. The molecule has 1 aliphatic rings. The van der Waals surface area contributed by atoms with Gasteiger partial charge in [-0.05, 0) is 38.6 Å². The average molecular weight is 215 g/mol. The van der Waals surface area contributed by atoms with E-state index in [4.69, 9.17) is 9.47 Å². The van der Waals surface area contributed by atoms with E-state index >= 15 is 0 Å². The van der Waals surface area contributed by atoms with Crippen molar-refractivity contribution in [2.75, 3.05) is 33.0 Å². The van der Waals surface area contributed by atoms with E-state index in [1.165, 1.54) is 19.3 Å². The molecule has 0 aromatic rings. The number of nitrogens with one attached hydrogen (secondary N) is 1. The van der Waals surface area contributed by atoms with Crippen molar-refractivity contribution in [1.29, 1.82) is 0 Å². The van der Waals surface area contributed by atoms with Crippen LogP contribution in [-0.4, -0.2) is 39.0 Å². The predicted molar refractivity (Wildman–Crippen MR) is 62.2 cm³/mol. The van der Waals surface area contributed by atoms with Crippen LogP contribution in [0.5, 0.6) is 0 Å². The van der Waals surface area contributed by atoms with Crippen LogP contribution in [0.4, 0.5) is 0 Å². The molecule has 15 heavy (non-hydrogen) atoms. The zero-order chi connectivity index (χ0) is 10.8. The zero-order valence-corrected chi connectivity index (χ0v) is 9.96. The van der Waals surface area contributed by atoms with Gasteiger partial charge in [0.25, 0.3) is 0 Å². The molecule has 0 bridgehead atoms.